The molecule has 0 unspecified atom stereocenters. The number of phenols is 1. The van der Waals surface area contributed by atoms with E-state index in [1.165, 1.54) is 6.07 Å². The molecule has 0 spiro atoms. The molecule has 0 aromatic heterocycles. The Hall–Kier alpha value is -3.54. The summed E-state index contributed by atoms with van der Waals surface area (Å²) in [6.07, 6.45) is -0.680. The molecule has 128 valence electrons. The van der Waals surface area contributed by atoms with Gasteiger partial charge in [0.1, 0.15) is 0 Å². The van der Waals surface area contributed by atoms with E-state index in [0.29, 0.717) is 39.6 Å². The number of para-hydroxylation sites is 4. The molecule has 25 heavy (non-hydrogen) atoms. The van der Waals surface area contributed by atoms with Gasteiger partial charge in [-0.15, -0.1) is 0 Å². The summed E-state index contributed by atoms with van der Waals surface area (Å²) in [5, 5.41) is 10.1. The van der Waals surface area contributed by atoms with E-state index in [-0.39, 0.29) is 5.75 Å². The van der Waals surface area contributed by atoms with Crippen molar-refractivity contribution in [1.82, 2.24) is 0 Å². The number of anilines is 4. The van der Waals surface area contributed by atoms with Crippen LogP contribution in [0.4, 0.5) is 22.7 Å². The molecule has 0 saturated heterocycles. The van der Waals surface area contributed by atoms with E-state index in [9.17, 15) is 5.11 Å². The second-order valence-corrected chi connectivity index (χ2v) is 5.67. The van der Waals surface area contributed by atoms with Gasteiger partial charge in [0.15, 0.2) is 17.6 Å². The van der Waals surface area contributed by atoms with Crippen LogP contribution in [0.25, 0.3) is 0 Å². The van der Waals surface area contributed by atoms with Crippen molar-refractivity contribution in [3.8, 4) is 11.5 Å². The van der Waals surface area contributed by atoms with Crippen LogP contribution in [0.1, 0.15) is 17.2 Å². The van der Waals surface area contributed by atoms with Crippen LogP contribution in [0.5, 0.6) is 11.5 Å². The average Bonchev–Trinajstić information content (AvgIpc) is 2.60. The molecular formula is C19H20N4O2. The first-order chi connectivity index (χ1) is 12.0. The topological polar surface area (TPSA) is 134 Å². The monoisotopic (exact) mass is 336 g/mol. The van der Waals surface area contributed by atoms with E-state index in [2.05, 4.69) is 0 Å². The Labute approximate surface area is 145 Å². The van der Waals surface area contributed by atoms with Crippen molar-refractivity contribution in [2.24, 2.45) is 0 Å². The Balaban J connectivity index is 2.16. The average molecular weight is 336 g/mol. The van der Waals surface area contributed by atoms with E-state index in [0.717, 1.165) is 0 Å². The minimum absolute atomic E-state index is 0.0115. The summed E-state index contributed by atoms with van der Waals surface area (Å²) in [7, 11) is 0. The fourth-order valence-electron chi connectivity index (χ4n) is 2.64. The summed E-state index contributed by atoms with van der Waals surface area (Å²) in [6, 6.07) is 17.3. The molecule has 0 radical (unpaired) electrons. The van der Waals surface area contributed by atoms with Crippen molar-refractivity contribution < 1.29 is 9.84 Å². The highest BCUT2D eigenvalue weighted by Crippen LogP contribution is 2.39. The van der Waals surface area contributed by atoms with Crippen molar-refractivity contribution in [3.05, 3.63) is 71.8 Å². The molecule has 0 aliphatic heterocycles. The number of hydrogen-bond donors (Lipinski definition) is 5. The zero-order valence-corrected chi connectivity index (χ0v) is 13.5. The van der Waals surface area contributed by atoms with E-state index in [4.69, 9.17) is 27.7 Å². The molecule has 3 rings (SSSR count). The van der Waals surface area contributed by atoms with E-state index in [1.807, 2.05) is 0 Å². The van der Waals surface area contributed by atoms with E-state index >= 15 is 0 Å². The normalized spacial score (nSPS) is 10.8. The highest BCUT2D eigenvalue weighted by molar-refractivity contribution is 5.73. The summed E-state index contributed by atoms with van der Waals surface area (Å²) >= 11 is 0. The minimum Gasteiger partial charge on any atom is -0.504 e. The fourth-order valence-corrected chi connectivity index (χ4v) is 2.64. The van der Waals surface area contributed by atoms with Gasteiger partial charge in [-0.25, -0.2) is 0 Å². The lowest BCUT2D eigenvalue weighted by Gasteiger charge is -2.24. The molecule has 0 bridgehead atoms. The number of hydrogen-bond acceptors (Lipinski definition) is 6. The molecule has 0 amide bonds. The van der Waals surface area contributed by atoms with Gasteiger partial charge < -0.3 is 32.8 Å². The summed E-state index contributed by atoms with van der Waals surface area (Å²) in [6.45, 7) is 0. The van der Waals surface area contributed by atoms with Gasteiger partial charge in [0.25, 0.3) is 0 Å². The highest BCUT2D eigenvalue weighted by atomic mass is 16.5. The first-order valence-electron chi connectivity index (χ1n) is 7.71. The standard InChI is InChI=1S/C19H20N4O2/c20-13-7-3-5-11(17(13)22)19(12-6-4-8-14(21)18(12)23)25-16-10-2-1-9-15(16)24/h1-10,19,24H,20-23H2. The van der Waals surface area contributed by atoms with E-state index in [1.54, 1.807) is 54.6 Å². The fraction of sp³-hybridized carbons (Fsp3) is 0.0526. The third-order valence-corrected chi connectivity index (χ3v) is 4.02. The van der Waals surface area contributed by atoms with Crippen LogP contribution in [-0.4, -0.2) is 5.11 Å². The van der Waals surface area contributed by atoms with Crippen molar-refractivity contribution >= 4 is 22.7 Å². The molecule has 0 fully saturated rings. The summed E-state index contributed by atoms with van der Waals surface area (Å²) < 4.78 is 6.07. The molecule has 0 heterocycles. The number of benzene rings is 3. The molecule has 6 nitrogen and oxygen atoms in total. The Morgan fingerprint density at radius 1 is 0.680 bits per heavy atom. The zero-order valence-electron chi connectivity index (χ0n) is 13.5. The lowest BCUT2D eigenvalue weighted by Crippen LogP contribution is -2.15. The summed E-state index contributed by atoms with van der Waals surface area (Å²) in [5.74, 6) is 0.314. The number of aromatic hydroxyl groups is 1. The Morgan fingerprint density at radius 2 is 1.20 bits per heavy atom. The molecular weight excluding hydrogens is 316 g/mol. The summed E-state index contributed by atoms with van der Waals surface area (Å²) in [4.78, 5) is 0. The number of phenolic OH excluding ortho intramolecular Hbond substituents is 1. The van der Waals surface area contributed by atoms with Crippen LogP contribution in [0.2, 0.25) is 0 Å². The molecule has 0 saturated carbocycles. The smallest absolute Gasteiger partial charge is 0.162 e. The predicted molar refractivity (Wildman–Crippen MR) is 101 cm³/mol. The Bertz CT molecular complexity index is 860. The molecule has 0 atom stereocenters. The van der Waals surface area contributed by atoms with Gasteiger partial charge >= 0.3 is 0 Å². The second-order valence-electron chi connectivity index (χ2n) is 5.67. The van der Waals surface area contributed by atoms with Crippen LogP contribution >= 0.6 is 0 Å². The predicted octanol–water partition coefficient (Wildman–Crippen LogP) is 2.89. The minimum atomic E-state index is -0.680. The molecule has 0 aliphatic carbocycles. The maximum absolute atomic E-state index is 10.1. The van der Waals surface area contributed by atoms with Gasteiger partial charge in [-0.3, -0.25) is 0 Å². The maximum atomic E-state index is 10.1. The number of ether oxygens (including phenoxy) is 1. The van der Waals surface area contributed by atoms with Crippen LogP contribution < -0.4 is 27.7 Å². The second kappa shape index (κ2) is 6.52. The number of nitrogen functional groups attached to an aromatic ring is 4. The number of rotatable bonds is 4. The van der Waals surface area contributed by atoms with Crippen LogP contribution in [0, 0.1) is 0 Å². The quantitative estimate of drug-likeness (QED) is 0.465. The van der Waals surface area contributed by atoms with Crippen molar-refractivity contribution in [3.63, 3.8) is 0 Å². The molecule has 6 heteroatoms. The largest absolute Gasteiger partial charge is 0.504 e. The van der Waals surface area contributed by atoms with Gasteiger partial charge in [-0.2, -0.15) is 0 Å². The maximum Gasteiger partial charge on any atom is 0.162 e. The third-order valence-electron chi connectivity index (χ3n) is 4.02. The SMILES string of the molecule is Nc1cccc(C(Oc2ccccc2O)c2cccc(N)c2N)c1N. The summed E-state index contributed by atoms with van der Waals surface area (Å²) in [5.41, 5.74) is 27.1. The van der Waals surface area contributed by atoms with E-state index < -0.39 is 6.10 Å². The van der Waals surface area contributed by atoms with Gasteiger partial charge in [-0.05, 0) is 24.3 Å². The van der Waals surface area contributed by atoms with Gasteiger partial charge in [0.05, 0.1) is 22.7 Å². The zero-order chi connectivity index (χ0) is 18.0. The Kier molecular flexibility index (Phi) is 4.26. The van der Waals surface area contributed by atoms with Crippen molar-refractivity contribution in [2.45, 2.75) is 6.10 Å². The first-order valence-corrected chi connectivity index (χ1v) is 7.71. The first kappa shape index (κ1) is 16.3. The molecule has 0 aliphatic rings. The van der Waals surface area contributed by atoms with Gasteiger partial charge in [0, 0.05) is 11.1 Å². The van der Waals surface area contributed by atoms with Crippen molar-refractivity contribution in [1.29, 1.82) is 0 Å². The number of nitrogens with two attached hydrogens (primary N) is 4. The third kappa shape index (κ3) is 3.10. The van der Waals surface area contributed by atoms with Crippen LogP contribution in [0.3, 0.4) is 0 Å². The van der Waals surface area contributed by atoms with Gasteiger partial charge in [0.2, 0.25) is 0 Å². The molecule has 3 aromatic carbocycles. The van der Waals surface area contributed by atoms with Gasteiger partial charge in [-0.1, -0.05) is 36.4 Å². The highest BCUT2D eigenvalue weighted by Gasteiger charge is 2.23. The lowest BCUT2D eigenvalue weighted by atomic mass is 9.97. The van der Waals surface area contributed by atoms with Crippen LogP contribution in [0.15, 0.2) is 60.7 Å². The molecule has 9 N–H and O–H groups in total. The molecule has 3 aromatic rings. The lowest BCUT2D eigenvalue weighted by molar-refractivity contribution is 0.237. The van der Waals surface area contributed by atoms with Crippen molar-refractivity contribution in [2.75, 3.05) is 22.9 Å². The Morgan fingerprint density at radius 3 is 1.72 bits per heavy atom. The van der Waals surface area contributed by atoms with Crippen LogP contribution in [-0.2, 0) is 0 Å².